The zero-order valence-corrected chi connectivity index (χ0v) is 9.25. The van der Waals surface area contributed by atoms with Gasteiger partial charge in [-0.15, -0.1) is 0 Å². The topological polar surface area (TPSA) is 140 Å². The maximum absolute atomic E-state index is 9.59. The van der Waals surface area contributed by atoms with Crippen molar-refractivity contribution < 1.29 is 40.1 Å². The molecule has 0 saturated carbocycles. The Labute approximate surface area is 97.6 Å². The second-order valence-electron chi connectivity index (χ2n) is 3.92. The Morgan fingerprint density at radius 1 is 1.12 bits per heavy atom. The third-order valence-corrected chi connectivity index (χ3v) is 2.76. The lowest BCUT2D eigenvalue weighted by Gasteiger charge is -2.42. The van der Waals surface area contributed by atoms with Gasteiger partial charge in [0.15, 0.2) is 6.29 Å². The van der Waals surface area contributed by atoms with Crippen LogP contribution in [0.1, 0.15) is 0 Å². The Morgan fingerprint density at radius 3 is 2.18 bits per heavy atom. The van der Waals surface area contributed by atoms with Crippen LogP contribution in [0.4, 0.5) is 0 Å². The van der Waals surface area contributed by atoms with E-state index in [1.54, 1.807) is 0 Å². The van der Waals surface area contributed by atoms with Crippen LogP contribution in [0, 0.1) is 0 Å². The molecule has 0 aromatic carbocycles. The van der Waals surface area contributed by atoms with Crippen molar-refractivity contribution in [3.63, 3.8) is 0 Å². The largest absolute Gasteiger partial charge is 0.394 e. The van der Waals surface area contributed by atoms with Gasteiger partial charge in [-0.05, 0) is 0 Å². The molecule has 0 bridgehead atoms. The van der Waals surface area contributed by atoms with Crippen LogP contribution in [0.15, 0.2) is 0 Å². The van der Waals surface area contributed by atoms with Gasteiger partial charge in [0, 0.05) is 7.11 Å². The number of rotatable bonds is 4. The van der Waals surface area contributed by atoms with Gasteiger partial charge in [0.1, 0.15) is 36.6 Å². The standard InChI is InChI=1S/C9H18O8/c1-16-9-7(15)5(13)6(14)8(17-9)4(12)3(11)2-10/h3-15H,2H2,1H3/t3-,4-,5-,6+,7-,8+,9-/m1/s1. The normalized spacial score (nSPS) is 42.2. The van der Waals surface area contributed by atoms with Gasteiger partial charge in [0.05, 0.1) is 6.61 Å². The molecule has 0 aromatic rings. The lowest BCUT2D eigenvalue weighted by Crippen LogP contribution is -2.62. The molecule has 0 unspecified atom stereocenters. The Morgan fingerprint density at radius 2 is 1.71 bits per heavy atom. The Balaban J connectivity index is 2.78. The SMILES string of the molecule is CO[C@@H]1O[C@@H]([C@H](O)[C@H](O)CO)[C@@H](O)[C@@H](O)[C@H]1O. The fourth-order valence-electron chi connectivity index (χ4n) is 1.68. The first kappa shape index (κ1) is 14.7. The van der Waals surface area contributed by atoms with Gasteiger partial charge in [0.2, 0.25) is 0 Å². The quantitative estimate of drug-likeness (QED) is 0.300. The highest BCUT2D eigenvalue weighted by Crippen LogP contribution is 2.24. The van der Waals surface area contributed by atoms with Gasteiger partial charge in [-0.3, -0.25) is 0 Å². The summed E-state index contributed by atoms with van der Waals surface area (Å²) >= 11 is 0. The Kier molecular flexibility index (Phi) is 5.22. The monoisotopic (exact) mass is 254 g/mol. The van der Waals surface area contributed by atoms with E-state index in [1.165, 1.54) is 7.11 Å². The summed E-state index contributed by atoms with van der Waals surface area (Å²) in [7, 11) is 1.21. The minimum absolute atomic E-state index is 0.732. The number of ether oxygens (including phenoxy) is 2. The Bertz CT molecular complexity index is 231. The fourth-order valence-corrected chi connectivity index (χ4v) is 1.68. The van der Waals surface area contributed by atoms with Crippen LogP contribution < -0.4 is 0 Å². The van der Waals surface area contributed by atoms with E-state index < -0.39 is 49.5 Å². The second-order valence-corrected chi connectivity index (χ2v) is 3.92. The van der Waals surface area contributed by atoms with E-state index >= 15 is 0 Å². The maximum atomic E-state index is 9.59. The molecular weight excluding hydrogens is 236 g/mol. The van der Waals surface area contributed by atoms with E-state index in [9.17, 15) is 25.5 Å². The van der Waals surface area contributed by atoms with Gasteiger partial charge >= 0.3 is 0 Å². The number of hydrogen-bond donors (Lipinski definition) is 6. The summed E-state index contributed by atoms with van der Waals surface area (Å²) in [5.74, 6) is 0. The molecule has 8 nitrogen and oxygen atoms in total. The van der Waals surface area contributed by atoms with Crippen molar-refractivity contribution in [2.75, 3.05) is 13.7 Å². The summed E-state index contributed by atoms with van der Waals surface area (Å²) in [6, 6.07) is 0. The highest BCUT2D eigenvalue weighted by Gasteiger charge is 2.47. The van der Waals surface area contributed by atoms with E-state index in [4.69, 9.17) is 14.6 Å². The number of aliphatic hydroxyl groups is 6. The van der Waals surface area contributed by atoms with Crippen molar-refractivity contribution in [1.29, 1.82) is 0 Å². The van der Waals surface area contributed by atoms with Gasteiger partial charge in [-0.25, -0.2) is 0 Å². The van der Waals surface area contributed by atoms with Gasteiger partial charge in [0.25, 0.3) is 0 Å². The zero-order chi connectivity index (χ0) is 13.2. The van der Waals surface area contributed by atoms with Crippen molar-refractivity contribution in [3.05, 3.63) is 0 Å². The summed E-state index contributed by atoms with van der Waals surface area (Å²) in [5.41, 5.74) is 0. The molecule has 1 aliphatic rings. The van der Waals surface area contributed by atoms with E-state index in [1.807, 2.05) is 0 Å². The van der Waals surface area contributed by atoms with Crippen molar-refractivity contribution in [2.45, 2.75) is 42.9 Å². The van der Waals surface area contributed by atoms with Crippen molar-refractivity contribution >= 4 is 0 Å². The van der Waals surface area contributed by atoms with Gasteiger partial charge < -0.3 is 40.1 Å². The predicted octanol–water partition coefficient (Wildman–Crippen LogP) is -3.85. The molecule has 0 radical (unpaired) electrons. The smallest absolute Gasteiger partial charge is 0.186 e. The number of aliphatic hydroxyl groups excluding tert-OH is 6. The summed E-state index contributed by atoms with van der Waals surface area (Å²) in [6.07, 6.45) is -10.4. The maximum Gasteiger partial charge on any atom is 0.186 e. The molecule has 0 spiro atoms. The third-order valence-electron chi connectivity index (χ3n) is 2.76. The third kappa shape index (κ3) is 2.92. The molecule has 102 valence electrons. The molecule has 6 N–H and O–H groups in total. The molecule has 17 heavy (non-hydrogen) atoms. The molecule has 0 aromatic heterocycles. The van der Waals surface area contributed by atoms with Crippen LogP contribution in [0.5, 0.6) is 0 Å². The molecule has 1 saturated heterocycles. The summed E-state index contributed by atoms with van der Waals surface area (Å²) in [5, 5.41) is 56.0. The first-order valence-corrected chi connectivity index (χ1v) is 5.13. The second kappa shape index (κ2) is 6.03. The molecule has 1 fully saturated rings. The zero-order valence-electron chi connectivity index (χ0n) is 9.25. The van der Waals surface area contributed by atoms with Crippen LogP contribution in [-0.2, 0) is 9.47 Å². The molecule has 1 heterocycles. The van der Waals surface area contributed by atoms with E-state index in [0.29, 0.717) is 0 Å². The van der Waals surface area contributed by atoms with Crippen molar-refractivity contribution in [2.24, 2.45) is 0 Å². The molecule has 7 atom stereocenters. The van der Waals surface area contributed by atoms with Gasteiger partial charge in [-0.1, -0.05) is 0 Å². The lowest BCUT2D eigenvalue weighted by atomic mass is 9.93. The van der Waals surface area contributed by atoms with E-state index in [-0.39, 0.29) is 0 Å². The molecule has 0 amide bonds. The van der Waals surface area contributed by atoms with E-state index in [2.05, 4.69) is 0 Å². The molecular formula is C9H18O8. The first-order chi connectivity index (χ1) is 7.93. The molecule has 1 rings (SSSR count). The minimum atomic E-state index is -1.62. The summed E-state index contributed by atoms with van der Waals surface area (Å²) < 4.78 is 9.73. The van der Waals surface area contributed by atoms with Crippen LogP contribution in [0.3, 0.4) is 0 Å². The van der Waals surface area contributed by atoms with Gasteiger partial charge in [-0.2, -0.15) is 0 Å². The average Bonchev–Trinajstić information content (AvgIpc) is 2.34. The van der Waals surface area contributed by atoms with Crippen LogP contribution in [0.25, 0.3) is 0 Å². The first-order valence-electron chi connectivity index (χ1n) is 5.13. The Hall–Kier alpha value is -0.320. The number of hydrogen-bond acceptors (Lipinski definition) is 8. The summed E-state index contributed by atoms with van der Waals surface area (Å²) in [6.45, 7) is -0.732. The molecule has 8 heteroatoms. The predicted molar refractivity (Wildman–Crippen MR) is 52.8 cm³/mol. The lowest BCUT2D eigenvalue weighted by molar-refractivity contribution is -0.309. The van der Waals surface area contributed by atoms with E-state index in [0.717, 1.165) is 0 Å². The molecule has 1 aliphatic heterocycles. The number of methoxy groups -OCH3 is 1. The van der Waals surface area contributed by atoms with Crippen molar-refractivity contribution in [3.8, 4) is 0 Å². The highest BCUT2D eigenvalue weighted by molar-refractivity contribution is 4.94. The fraction of sp³-hybridized carbons (Fsp3) is 1.00. The molecule has 0 aliphatic carbocycles. The van der Waals surface area contributed by atoms with Crippen LogP contribution >= 0.6 is 0 Å². The summed E-state index contributed by atoms with van der Waals surface area (Å²) in [4.78, 5) is 0. The highest BCUT2D eigenvalue weighted by atomic mass is 16.7. The van der Waals surface area contributed by atoms with Crippen LogP contribution in [0.2, 0.25) is 0 Å². The van der Waals surface area contributed by atoms with Crippen molar-refractivity contribution in [1.82, 2.24) is 0 Å². The van der Waals surface area contributed by atoms with Crippen LogP contribution in [-0.4, -0.2) is 87.3 Å². The average molecular weight is 254 g/mol. The minimum Gasteiger partial charge on any atom is -0.394 e.